The van der Waals surface area contributed by atoms with Crippen molar-refractivity contribution in [3.63, 3.8) is 0 Å². The fraction of sp³-hybridized carbons (Fsp3) is 0.190. The predicted molar refractivity (Wildman–Crippen MR) is 105 cm³/mol. The third kappa shape index (κ3) is 4.70. The van der Waals surface area contributed by atoms with Crippen molar-refractivity contribution in [2.45, 2.75) is 19.0 Å². The van der Waals surface area contributed by atoms with Gasteiger partial charge in [-0.2, -0.15) is 0 Å². The van der Waals surface area contributed by atoms with E-state index in [-0.39, 0.29) is 11.9 Å². The minimum absolute atomic E-state index is 0.0181. The molecule has 0 aliphatic carbocycles. The highest BCUT2D eigenvalue weighted by molar-refractivity contribution is 6.32. The van der Waals surface area contributed by atoms with Crippen molar-refractivity contribution in [3.8, 4) is 5.75 Å². The molecule has 3 rings (SSSR count). The summed E-state index contributed by atoms with van der Waals surface area (Å²) in [7, 11) is 1.55. The molecule has 0 spiro atoms. The fourth-order valence-corrected chi connectivity index (χ4v) is 3.17. The summed E-state index contributed by atoms with van der Waals surface area (Å²) >= 11 is 6.16. The van der Waals surface area contributed by atoms with E-state index < -0.39 is 6.04 Å². The molecule has 0 radical (unpaired) electrons. The maximum Gasteiger partial charge on any atom is 0.287 e. The molecule has 0 saturated carbocycles. The van der Waals surface area contributed by atoms with Gasteiger partial charge in [0, 0.05) is 11.3 Å². The molecule has 0 aliphatic rings. The van der Waals surface area contributed by atoms with Crippen molar-refractivity contribution >= 4 is 23.2 Å². The van der Waals surface area contributed by atoms with E-state index in [1.165, 1.54) is 0 Å². The molecule has 1 aromatic heterocycles. The normalized spacial score (nSPS) is 13.0. The number of methoxy groups -OCH3 is 1. The summed E-state index contributed by atoms with van der Waals surface area (Å²) in [5.41, 5.74) is 1.53. The number of carbonyl (C=O) groups excluding carboxylic acids is 1. The Hall–Kier alpha value is -2.76. The second kappa shape index (κ2) is 8.75. The second-order valence-corrected chi connectivity index (χ2v) is 6.63. The molecular formula is C21H22ClN2O3+. The molecule has 27 heavy (non-hydrogen) atoms. The lowest BCUT2D eigenvalue weighted by molar-refractivity contribution is -0.720. The molecule has 140 valence electrons. The third-order valence-electron chi connectivity index (χ3n) is 4.33. The Bertz CT molecular complexity index is 882. The zero-order valence-corrected chi connectivity index (χ0v) is 15.9. The van der Waals surface area contributed by atoms with Crippen LogP contribution in [0.2, 0.25) is 5.02 Å². The van der Waals surface area contributed by atoms with E-state index in [1.54, 1.807) is 31.6 Å². The number of nitrogens with two attached hydrogens (primary N) is 1. The number of quaternary nitrogens is 1. The van der Waals surface area contributed by atoms with Crippen LogP contribution in [0.15, 0.2) is 71.3 Å². The van der Waals surface area contributed by atoms with Crippen molar-refractivity contribution in [1.82, 2.24) is 0 Å². The molecule has 1 heterocycles. The lowest BCUT2D eigenvalue weighted by Crippen LogP contribution is -2.87. The predicted octanol–water partition coefficient (Wildman–Crippen LogP) is 3.95. The molecule has 0 saturated heterocycles. The van der Waals surface area contributed by atoms with Gasteiger partial charge in [0.05, 0.1) is 18.4 Å². The van der Waals surface area contributed by atoms with Gasteiger partial charge in [0.15, 0.2) is 11.8 Å². The molecule has 6 heteroatoms. The fourth-order valence-electron chi connectivity index (χ4n) is 2.91. The van der Waals surface area contributed by atoms with Crippen LogP contribution in [0.25, 0.3) is 0 Å². The maximum atomic E-state index is 13.0. The third-order valence-corrected chi connectivity index (χ3v) is 4.63. The van der Waals surface area contributed by atoms with E-state index >= 15 is 0 Å². The van der Waals surface area contributed by atoms with E-state index in [4.69, 9.17) is 20.8 Å². The van der Waals surface area contributed by atoms with Crippen LogP contribution in [-0.4, -0.2) is 13.0 Å². The van der Waals surface area contributed by atoms with E-state index in [0.717, 1.165) is 11.3 Å². The number of amides is 1. The average molecular weight is 386 g/mol. The lowest BCUT2D eigenvalue weighted by atomic mass is 10.0. The standard InChI is InChI=1S/C21H21ClN2O3/c1-14(18-9-6-12-27-18)23-20(15-7-4-3-5-8-15)21(25)24-16-10-11-19(26-2)17(22)13-16/h3-14,20,23H,1-2H3,(H,24,25)/p+1/t14-,20+/m1/s1. The summed E-state index contributed by atoms with van der Waals surface area (Å²) in [6.45, 7) is 2.01. The zero-order chi connectivity index (χ0) is 19.2. The number of benzene rings is 2. The molecule has 1 amide bonds. The molecule has 0 unspecified atom stereocenters. The molecule has 0 fully saturated rings. The number of furan rings is 1. The van der Waals surface area contributed by atoms with Gasteiger partial charge in [-0.3, -0.25) is 4.79 Å². The van der Waals surface area contributed by atoms with Crippen molar-refractivity contribution in [3.05, 3.63) is 83.3 Å². The van der Waals surface area contributed by atoms with Crippen LogP contribution in [0, 0.1) is 0 Å². The lowest BCUT2D eigenvalue weighted by Gasteiger charge is -2.19. The molecule has 0 aliphatic heterocycles. The Kier molecular flexibility index (Phi) is 6.16. The highest BCUT2D eigenvalue weighted by atomic mass is 35.5. The van der Waals surface area contributed by atoms with Crippen LogP contribution >= 0.6 is 11.6 Å². The van der Waals surface area contributed by atoms with Gasteiger partial charge in [0.1, 0.15) is 11.8 Å². The highest BCUT2D eigenvalue weighted by Gasteiger charge is 2.28. The van der Waals surface area contributed by atoms with E-state index in [9.17, 15) is 4.79 Å². The number of nitrogens with one attached hydrogen (secondary N) is 1. The first kappa shape index (κ1) is 19.0. The van der Waals surface area contributed by atoms with Gasteiger partial charge >= 0.3 is 0 Å². The zero-order valence-electron chi connectivity index (χ0n) is 15.2. The Balaban J connectivity index is 1.81. The molecule has 3 N–H and O–H groups in total. The van der Waals surface area contributed by atoms with Gasteiger partial charge in [-0.15, -0.1) is 0 Å². The minimum Gasteiger partial charge on any atom is -0.495 e. The summed E-state index contributed by atoms with van der Waals surface area (Å²) in [6.07, 6.45) is 1.64. The van der Waals surface area contributed by atoms with Gasteiger partial charge in [0.2, 0.25) is 0 Å². The number of ether oxygens (including phenoxy) is 1. The van der Waals surface area contributed by atoms with Crippen LogP contribution in [0.3, 0.4) is 0 Å². The smallest absolute Gasteiger partial charge is 0.287 e. The Morgan fingerprint density at radius 2 is 1.93 bits per heavy atom. The summed E-state index contributed by atoms with van der Waals surface area (Å²) in [5.74, 6) is 1.24. The SMILES string of the molecule is COc1ccc(NC(=O)[C@@H]([NH2+][C@H](C)c2ccco2)c2ccccc2)cc1Cl. The Morgan fingerprint density at radius 3 is 2.56 bits per heavy atom. The van der Waals surface area contributed by atoms with Gasteiger partial charge in [-0.25, -0.2) is 0 Å². The summed E-state index contributed by atoms with van der Waals surface area (Å²) < 4.78 is 10.6. The maximum absolute atomic E-state index is 13.0. The molecule has 0 bridgehead atoms. The Labute approximate surface area is 163 Å². The number of rotatable bonds is 7. The monoisotopic (exact) mass is 385 g/mol. The molecule has 3 aromatic rings. The summed E-state index contributed by atoms with van der Waals surface area (Å²) in [5, 5.41) is 5.37. The minimum atomic E-state index is -0.438. The van der Waals surface area contributed by atoms with Gasteiger partial charge in [-0.05, 0) is 37.3 Å². The van der Waals surface area contributed by atoms with E-state index in [1.807, 2.05) is 54.7 Å². The van der Waals surface area contributed by atoms with E-state index in [0.29, 0.717) is 16.5 Å². The first-order valence-electron chi connectivity index (χ1n) is 8.66. The van der Waals surface area contributed by atoms with Crippen LogP contribution in [0.4, 0.5) is 5.69 Å². The van der Waals surface area contributed by atoms with Crippen molar-refractivity contribution in [1.29, 1.82) is 0 Å². The van der Waals surface area contributed by atoms with Crippen molar-refractivity contribution in [2.24, 2.45) is 0 Å². The number of hydrogen-bond acceptors (Lipinski definition) is 3. The van der Waals surface area contributed by atoms with Crippen LogP contribution in [0.1, 0.15) is 30.3 Å². The number of halogens is 1. The molecule has 2 aromatic carbocycles. The van der Waals surface area contributed by atoms with Crippen LogP contribution in [-0.2, 0) is 4.79 Å². The quantitative estimate of drug-likeness (QED) is 0.647. The largest absolute Gasteiger partial charge is 0.495 e. The summed E-state index contributed by atoms with van der Waals surface area (Å²) in [4.78, 5) is 13.0. The number of carbonyl (C=O) groups is 1. The van der Waals surface area contributed by atoms with E-state index in [2.05, 4.69) is 5.32 Å². The number of anilines is 1. The first-order chi connectivity index (χ1) is 13.1. The second-order valence-electron chi connectivity index (χ2n) is 6.22. The van der Waals surface area contributed by atoms with Gasteiger partial charge in [0.25, 0.3) is 5.91 Å². The molecule has 5 nitrogen and oxygen atoms in total. The first-order valence-corrected chi connectivity index (χ1v) is 9.04. The molecular weight excluding hydrogens is 364 g/mol. The van der Waals surface area contributed by atoms with Gasteiger partial charge in [-0.1, -0.05) is 41.9 Å². The topological polar surface area (TPSA) is 68.1 Å². The van der Waals surface area contributed by atoms with Gasteiger partial charge < -0.3 is 19.8 Å². The van der Waals surface area contributed by atoms with Crippen LogP contribution < -0.4 is 15.4 Å². The van der Waals surface area contributed by atoms with Crippen molar-refractivity contribution < 1.29 is 19.3 Å². The molecule has 2 atom stereocenters. The Morgan fingerprint density at radius 1 is 1.15 bits per heavy atom. The van der Waals surface area contributed by atoms with Crippen molar-refractivity contribution in [2.75, 3.05) is 12.4 Å². The number of hydrogen-bond donors (Lipinski definition) is 2. The average Bonchev–Trinajstić information content (AvgIpc) is 3.21. The highest BCUT2D eigenvalue weighted by Crippen LogP contribution is 2.27. The van der Waals surface area contributed by atoms with Crippen LogP contribution in [0.5, 0.6) is 5.75 Å². The summed E-state index contributed by atoms with van der Waals surface area (Å²) in [6, 6.07) is 18.1.